The molecule has 0 bridgehead atoms. The summed E-state index contributed by atoms with van der Waals surface area (Å²) in [7, 11) is 0. The molecule has 0 radical (unpaired) electrons. The van der Waals surface area contributed by atoms with Gasteiger partial charge in [-0.05, 0) is 43.7 Å². The lowest BCUT2D eigenvalue weighted by molar-refractivity contribution is 0.364. The first-order valence-corrected chi connectivity index (χ1v) is 4.02. The molecule has 60 valence electrons. The molecule has 1 saturated carbocycles. The summed E-state index contributed by atoms with van der Waals surface area (Å²) in [5, 5.41) is 3.42. The van der Waals surface area contributed by atoms with Gasteiger partial charge in [0.25, 0.3) is 0 Å². The third-order valence-electron chi connectivity index (χ3n) is 3.08. The first-order chi connectivity index (χ1) is 4.31. The van der Waals surface area contributed by atoms with Crippen LogP contribution >= 0.6 is 12.4 Å². The molecule has 1 aliphatic heterocycles. The molecule has 0 amide bonds. The van der Waals surface area contributed by atoms with Crippen LogP contribution in [0.4, 0.5) is 0 Å². The fourth-order valence-electron chi connectivity index (χ4n) is 1.85. The van der Waals surface area contributed by atoms with Crippen LogP contribution in [0.25, 0.3) is 0 Å². The van der Waals surface area contributed by atoms with Crippen molar-refractivity contribution >= 4 is 12.4 Å². The zero-order chi connectivity index (χ0) is 6.32. The highest BCUT2D eigenvalue weighted by atomic mass is 35.5. The second-order valence-electron chi connectivity index (χ2n) is 3.84. The van der Waals surface area contributed by atoms with Crippen molar-refractivity contribution in [1.82, 2.24) is 5.32 Å². The summed E-state index contributed by atoms with van der Waals surface area (Å²) in [5.41, 5.74) is 0.767. The summed E-state index contributed by atoms with van der Waals surface area (Å²) in [5.74, 6) is 1.01. The van der Waals surface area contributed by atoms with Gasteiger partial charge in [-0.25, -0.2) is 0 Å². The minimum absolute atomic E-state index is 0. The number of nitrogens with one attached hydrogen (secondary N) is 1. The Morgan fingerprint density at radius 2 is 2.10 bits per heavy atom. The number of halogens is 1. The molecule has 2 fully saturated rings. The molecule has 0 spiro atoms. The van der Waals surface area contributed by atoms with Crippen LogP contribution in [0.15, 0.2) is 0 Å². The van der Waals surface area contributed by atoms with Crippen LogP contribution < -0.4 is 5.32 Å². The van der Waals surface area contributed by atoms with Crippen molar-refractivity contribution in [3.63, 3.8) is 0 Å². The predicted molar refractivity (Wildman–Crippen MR) is 45.6 cm³/mol. The number of rotatable bonds is 1. The fourth-order valence-corrected chi connectivity index (χ4v) is 1.85. The highest BCUT2D eigenvalue weighted by molar-refractivity contribution is 5.85. The summed E-state index contributed by atoms with van der Waals surface area (Å²) in [6.07, 6.45) is 4.40. The standard InChI is InChI=1S/C8H15N.ClH/c1-8(3-4-8)7-2-5-9-6-7;/h7,9H,2-6H2,1H3;1H. The van der Waals surface area contributed by atoms with Crippen LogP contribution in [0.2, 0.25) is 0 Å². The number of hydrogen-bond acceptors (Lipinski definition) is 1. The largest absolute Gasteiger partial charge is 0.316 e. The van der Waals surface area contributed by atoms with Crippen LogP contribution in [-0.2, 0) is 0 Å². The van der Waals surface area contributed by atoms with E-state index in [9.17, 15) is 0 Å². The third-order valence-corrected chi connectivity index (χ3v) is 3.08. The van der Waals surface area contributed by atoms with E-state index in [1.807, 2.05) is 0 Å². The van der Waals surface area contributed by atoms with Gasteiger partial charge in [0.15, 0.2) is 0 Å². The smallest absolute Gasteiger partial charge is 0.00148 e. The molecule has 2 aliphatic rings. The normalized spacial score (nSPS) is 35.1. The zero-order valence-electron chi connectivity index (χ0n) is 6.52. The quantitative estimate of drug-likeness (QED) is 0.619. The van der Waals surface area contributed by atoms with Crippen LogP contribution in [0.1, 0.15) is 26.2 Å². The molecule has 10 heavy (non-hydrogen) atoms. The maximum absolute atomic E-state index is 3.42. The molecule has 1 heterocycles. The molecule has 0 aromatic rings. The molecule has 1 saturated heterocycles. The van der Waals surface area contributed by atoms with Crippen LogP contribution in [-0.4, -0.2) is 13.1 Å². The first kappa shape index (κ1) is 8.35. The summed E-state index contributed by atoms with van der Waals surface area (Å²) in [4.78, 5) is 0. The van der Waals surface area contributed by atoms with E-state index in [0.29, 0.717) is 0 Å². The Hall–Kier alpha value is 0.250. The van der Waals surface area contributed by atoms with E-state index in [4.69, 9.17) is 0 Å². The molecule has 2 heteroatoms. The molecule has 1 N–H and O–H groups in total. The van der Waals surface area contributed by atoms with Gasteiger partial charge >= 0.3 is 0 Å². The maximum atomic E-state index is 3.42. The number of hydrogen-bond donors (Lipinski definition) is 1. The Morgan fingerprint density at radius 3 is 2.50 bits per heavy atom. The van der Waals surface area contributed by atoms with E-state index >= 15 is 0 Å². The average molecular weight is 162 g/mol. The molecule has 2 rings (SSSR count). The van der Waals surface area contributed by atoms with Crippen LogP contribution in [0.3, 0.4) is 0 Å². The summed E-state index contributed by atoms with van der Waals surface area (Å²) >= 11 is 0. The molecule has 0 aromatic heterocycles. The van der Waals surface area contributed by atoms with Crippen molar-refractivity contribution in [3.05, 3.63) is 0 Å². The van der Waals surface area contributed by atoms with Crippen LogP contribution in [0.5, 0.6) is 0 Å². The minimum atomic E-state index is 0. The Morgan fingerprint density at radius 1 is 1.40 bits per heavy atom. The van der Waals surface area contributed by atoms with Gasteiger partial charge in [0.2, 0.25) is 0 Å². The van der Waals surface area contributed by atoms with Gasteiger partial charge in [0.05, 0.1) is 0 Å². The molecular weight excluding hydrogens is 146 g/mol. The first-order valence-electron chi connectivity index (χ1n) is 4.02. The van der Waals surface area contributed by atoms with E-state index in [0.717, 1.165) is 11.3 Å². The monoisotopic (exact) mass is 161 g/mol. The van der Waals surface area contributed by atoms with Gasteiger partial charge in [-0.2, -0.15) is 0 Å². The summed E-state index contributed by atoms with van der Waals surface area (Å²) < 4.78 is 0. The summed E-state index contributed by atoms with van der Waals surface area (Å²) in [6.45, 7) is 4.99. The fraction of sp³-hybridized carbons (Fsp3) is 1.00. The Labute approximate surface area is 69.0 Å². The van der Waals surface area contributed by atoms with Gasteiger partial charge in [-0.1, -0.05) is 6.92 Å². The van der Waals surface area contributed by atoms with E-state index < -0.39 is 0 Å². The third kappa shape index (κ3) is 1.30. The molecule has 1 atom stereocenters. The minimum Gasteiger partial charge on any atom is -0.316 e. The van der Waals surface area contributed by atoms with Gasteiger partial charge in [0, 0.05) is 0 Å². The molecule has 0 aromatic carbocycles. The highest BCUT2D eigenvalue weighted by Crippen LogP contribution is 2.53. The van der Waals surface area contributed by atoms with E-state index in [1.165, 1.54) is 32.4 Å². The summed E-state index contributed by atoms with van der Waals surface area (Å²) in [6, 6.07) is 0. The lowest BCUT2D eigenvalue weighted by Crippen LogP contribution is -2.15. The van der Waals surface area contributed by atoms with Crippen molar-refractivity contribution in [2.45, 2.75) is 26.2 Å². The van der Waals surface area contributed by atoms with E-state index in [1.54, 1.807) is 0 Å². The lowest BCUT2D eigenvalue weighted by Gasteiger charge is -2.15. The average Bonchev–Trinajstić information content (AvgIpc) is 2.46. The second-order valence-corrected chi connectivity index (χ2v) is 3.84. The van der Waals surface area contributed by atoms with Gasteiger partial charge < -0.3 is 5.32 Å². The van der Waals surface area contributed by atoms with Crippen molar-refractivity contribution < 1.29 is 0 Å². The Balaban J connectivity index is 0.000000500. The van der Waals surface area contributed by atoms with Gasteiger partial charge in [0.1, 0.15) is 0 Å². The SMILES string of the molecule is CC1(C2CCNC2)CC1.Cl. The molecule has 1 unspecified atom stereocenters. The highest BCUT2D eigenvalue weighted by Gasteiger charge is 2.45. The Bertz CT molecular complexity index is 114. The van der Waals surface area contributed by atoms with E-state index in [-0.39, 0.29) is 12.4 Å². The van der Waals surface area contributed by atoms with Gasteiger partial charge in [-0.15, -0.1) is 12.4 Å². The van der Waals surface area contributed by atoms with Crippen molar-refractivity contribution in [2.24, 2.45) is 11.3 Å². The van der Waals surface area contributed by atoms with E-state index in [2.05, 4.69) is 12.2 Å². The topological polar surface area (TPSA) is 12.0 Å². The Kier molecular flexibility index (Phi) is 2.26. The van der Waals surface area contributed by atoms with Gasteiger partial charge in [-0.3, -0.25) is 0 Å². The van der Waals surface area contributed by atoms with Crippen molar-refractivity contribution in [2.75, 3.05) is 13.1 Å². The lowest BCUT2D eigenvalue weighted by atomic mass is 9.90. The molecule has 1 nitrogen and oxygen atoms in total. The van der Waals surface area contributed by atoms with Crippen molar-refractivity contribution in [3.8, 4) is 0 Å². The van der Waals surface area contributed by atoms with Crippen molar-refractivity contribution in [1.29, 1.82) is 0 Å². The molecular formula is C8H16ClN. The van der Waals surface area contributed by atoms with Crippen LogP contribution in [0, 0.1) is 11.3 Å². The predicted octanol–water partition coefficient (Wildman–Crippen LogP) is 1.82. The molecule has 1 aliphatic carbocycles. The zero-order valence-corrected chi connectivity index (χ0v) is 7.34. The maximum Gasteiger partial charge on any atom is -0.00148 e. The second kappa shape index (κ2) is 2.71.